The van der Waals surface area contributed by atoms with Gasteiger partial charge in [-0.15, -0.1) is 0 Å². The summed E-state index contributed by atoms with van der Waals surface area (Å²) in [5.74, 6) is 0. The third-order valence-corrected chi connectivity index (χ3v) is 8.37. The van der Waals surface area contributed by atoms with Gasteiger partial charge < -0.3 is 98.6 Å². The van der Waals surface area contributed by atoms with E-state index in [0.717, 1.165) is 0 Å². The third kappa shape index (κ3) is 6.60. The maximum Gasteiger partial charge on any atom is 0.187 e. The van der Waals surface area contributed by atoms with Gasteiger partial charge in [-0.2, -0.15) is 0 Å². The Kier molecular flexibility index (Phi) is 11.5. The number of ether oxygens (including phenoxy) is 6. The van der Waals surface area contributed by atoms with Gasteiger partial charge in [-0.25, -0.2) is 0 Å². The standard InChI is InChI=1S/C23H46N6O13/c24-2-7-13(32)15(34)10(28)21(37-7)40-18-6(27)1-5(26)12(31)20(18)42-23-17(36)19(9(4-30)39-23)41-22-11(29)16(35)14(33)8(3-25)38-22/h5-23,30-36H,1-4,24-29H2/t5-,6+,7-,8+,9-,10-,11+,12+,13-,14-,15-,16-,17+,18-,19-,20+,21-,22?,23+/m1/s1. The fourth-order valence-electron chi connectivity index (χ4n) is 5.74. The highest BCUT2D eigenvalue weighted by Gasteiger charge is 2.54. The van der Waals surface area contributed by atoms with Crippen molar-refractivity contribution in [3.05, 3.63) is 0 Å². The lowest BCUT2D eigenvalue weighted by atomic mass is 9.84. The fraction of sp³-hybridized carbons (Fsp3) is 1.00. The zero-order chi connectivity index (χ0) is 31.0. The molecule has 4 rings (SSSR count). The van der Waals surface area contributed by atoms with Crippen LogP contribution < -0.4 is 34.4 Å². The van der Waals surface area contributed by atoms with Crippen molar-refractivity contribution in [2.75, 3.05) is 19.7 Å². The van der Waals surface area contributed by atoms with Crippen molar-refractivity contribution in [1.82, 2.24) is 0 Å². The Balaban J connectivity index is 1.50. The molecule has 0 spiro atoms. The summed E-state index contributed by atoms with van der Waals surface area (Å²) in [7, 11) is 0. The van der Waals surface area contributed by atoms with Gasteiger partial charge in [0.15, 0.2) is 18.9 Å². The molecule has 1 aliphatic carbocycles. The normalized spacial score (nSPS) is 53.8. The second-order valence-electron chi connectivity index (χ2n) is 11.2. The van der Waals surface area contributed by atoms with E-state index < -0.39 is 123 Å². The summed E-state index contributed by atoms with van der Waals surface area (Å²) in [5, 5.41) is 73.0. The number of nitrogens with two attached hydrogens (primary N) is 6. The Morgan fingerprint density at radius 3 is 1.45 bits per heavy atom. The van der Waals surface area contributed by atoms with Crippen molar-refractivity contribution in [2.45, 2.75) is 123 Å². The van der Waals surface area contributed by atoms with Gasteiger partial charge in [0.2, 0.25) is 0 Å². The number of hydrogen-bond donors (Lipinski definition) is 13. The Hall–Kier alpha value is -0.760. The zero-order valence-electron chi connectivity index (χ0n) is 22.8. The highest BCUT2D eigenvalue weighted by molar-refractivity contribution is 5.02. The van der Waals surface area contributed by atoms with E-state index >= 15 is 0 Å². The molecule has 3 aliphatic heterocycles. The van der Waals surface area contributed by atoms with E-state index in [2.05, 4.69) is 0 Å². The summed E-state index contributed by atoms with van der Waals surface area (Å²) in [5.41, 5.74) is 35.6. The van der Waals surface area contributed by atoms with Gasteiger partial charge in [0, 0.05) is 25.2 Å². The number of aliphatic hydroxyl groups is 7. The monoisotopic (exact) mass is 614 g/mol. The fourth-order valence-corrected chi connectivity index (χ4v) is 5.74. The average Bonchev–Trinajstić information content (AvgIpc) is 3.27. The lowest BCUT2D eigenvalue weighted by Crippen LogP contribution is -2.68. The van der Waals surface area contributed by atoms with Gasteiger partial charge in [0.05, 0.1) is 24.8 Å². The van der Waals surface area contributed by atoms with E-state index in [-0.39, 0.29) is 19.5 Å². The Bertz CT molecular complexity index is 868. The highest BCUT2D eigenvalue weighted by atomic mass is 16.8. The van der Waals surface area contributed by atoms with E-state index in [1.165, 1.54) is 0 Å². The first-order valence-electron chi connectivity index (χ1n) is 13.9. The lowest BCUT2D eigenvalue weighted by molar-refractivity contribution is -0.306. The van der Waals surface area contributed by atoms with Crippen molar-refractivity contribution in [2.24, 2.45) is 34.4 Å². The van der Waals surface area contributed by atoms with Gasteiger partial charge in [0.25, 0.3) is 0 Å². The second-order valence-corrected chi connectivity index (χ2v) is 11.2. The van der Waals surface area contributed by atoms with E-state index in [1.807, 2.05) is 0 Å². The molecule has 0 amide bonds. The summed E-state index contributed by atoms with van der Waals surface area (Å²) in [6.45, 7) is -0.967. The Labute approximate surface area is 241 Å². The molecule has 0 radical (unpaired) electrons. The molecule has 1 unspecified atom stereocenters. The molecular formula is C23H46N6O13. The van der Waals surface area contributed by atoms with Crippen LogP contribution in [0, 0.1) is 0 Å². The topological polar surface area (TPSA) is 353 Å². The first kappa shape index (κ1) is 34.1. The van der Waals surface area contributed by atoms with Gasteiger partial charge in [0.1, 0.15) is 67.1 Å². The van der Waals surface area contributed by atoms with Crippen LogP contribution in [0.25, 0.3) is 0 Å². The molecule has 0 bridgehead atoms. The van der Waals surface area contributed by atoms with Crippen LogP contribution in [0.15, 0.2) is 0 Å². The molecular weight excluding hydrogens is 568 g/mol. The van der Waals surface area contributed by atoms with E-state index in [4.69, 9.17) is 62.8 Å². The van der Waals surface area contributed by atoms with Crippen molar-refractivity contribution >= 4 is 0 Å². The minimum Gasteiger partial charge on any atom is -0.394 e. The van der Waals surface area contributed by atoms with Crippen LogP contribution in [0.2, 0.25) is 0 Å². The van der Waals surface area contributed by atoms with Crippen molar-refractivity contribution < 1.29 is 64.2 Å². The maximum absolute atomic E-state index is 11.1. The molecule has 19 N–H and O–H groups in total. The molecule has 19 nitrogen and oxygen atoms in total. The molecule has 3 saturated heterocycles. The number of aliphatic hydroxyl groups excluding tert-OH is 7. The van der Waals surface area contributed by atoms with Crippen LogP contribution in [0.1, 0.15) is 6.42 Å². The molecule has 19 heteroatoms. The van der Waals surface area contributed by atoms with Crippen LogP contribution in [-0.2, 0) is 28.4 Å². The Morgan fingerprint density at radius 1 is 0.524 bits per heavy atom. The molecule has 4 aliphatic rings. The zero-order valence-corrected chi connectivity index (χ0v) is 22.8. The van der Waals surface area contributed by atoms with Crippen LogP contribution in [0.4, 0.5) is 0 Å². The minimum absolute atomic E-state index is 0.0889. The molecule has 0 aromatic carbocycles. The molecule has 0 aromatic heterocycles. The van der Waals surface area contributed by atoms with E-state index in [9.17, 15) is 35.7 Å². The largest absolute Gasteiger partial charge is 0.394 e. The van der Waals surface area contributed by atoms with Crippen molar-refractivity contribution in [3.8, 4) is 0 Å². The van der Waals surface area contributed by atoms with Crippen molar-refractivity contribution in [1.29, 1.82) is 0 Å². The van der Waals surface area contributed by atoms with Gasteiger partial charge >= 0.3 is 0 Å². The lowest BCUT2D eigenvalue weighted by Gasteiger charge is -2.47. The highest BCUT2D eigenvalue weighted by Crippen LogP contribution is 2.34. The second kappa shape index (κ2) is 14.1. The van der Waals surface area contributed by atoms with Crippen LogP contribution >= 0.6 is 0 Å². The van der Waals surface area contributed by atoms with Crippen LogP contribution in [-0.4, -0.2) is 172 Å². The average molecular weight is 615 g/mol. The molecule has 42 heavy (non-hydrogen) atoms. The quantitative estimate of drug-likeness (QED) is 0.115. The first-order valence-corrected chi connectivity index (χ1v) is 13.9. The van der Waals surface area contributed by atoms with E-state index in [0.29, 0.717) is 0 Å². The van der Waals surface area contributed by atoms with E-state index in [1.54, 1.807) is 0 Å². The predicted molar refractivity (Wildman–Crippen MR) is 138 cm³/mol. The molecule has 3 heterocycles. The van der Waals surface area contributed by atoms with Gasteiger partial charge in [-0.05, 0) is 6.42 Å². The van der Waals surface area contributed by atoms with Crippen molar-refractivity contribution in [3.63, 3.8) is 0 Å². The minimum atomic E-state index is -1.60. The summed E-state index contributed by atoms with van der Waals surface area (Å²) in [4.78, 5) is 0. The third-order valence-electron chi connectivity index (χ3n) is 8.37. The van der Waals surface area contributed by atoms with Crippen LogP contribution in [0.5, 0.6) is 0 Å². The summed E-state index contributed by atoms with van der Waals surface area (Å²) >= 11 is 0. The number of hydrogen-bond acceptors (Lipinski definition) is 19. The summed E-state index contributed by atoms with van der Waals surface area (Å²) in [6.07, 6.45) is -19.8. The molecule has 1 saturated carbocycles. The van der Waals surface area contributed by atoms with Crippen LogP contribution in [0.3, 0.4) is 0 Å². The SMILES string of the molecule is NC[C@@H]1OC(O[C@H]2[C@H](O)[C@H](O[C@H]3[C@@H](O)[C@H](N)C[C@H](N)[C@H]3O[C@H]3O[C@H](CN)[C@@H](O)[C@H](O)[C@H]3N)O[C@@H]2CO)[C@@H](N)[C@@H](O)[C@@H]1O. The predicted octanol–water partition coefficient (Wildman–Crippen LogP) is -8.90. The maximum atomic E-state index is 11.1. The molecule has 4 fully saturated rings. The molecule has 246 valence electrons. The van der Waals surface area contributed by atoms with Gasteiger partial charge in [-0.1, -0.05) is 0 Å². The summed E-state index contributed by atoms with van der Waals surface area (Å²) < 4.78 is 34.6. The molecule has 0 aromatic rings. The van der Waals surface area contributed by atoms with Gasteiger partial charge in [-0.3, -0.25) is 0 Å². The first-order chi connectivity index (χ1) is 19.8. The summed E-state index contributed by atoms with van der Waals surface area (Å²) in [6, 6.07) is -4.18. The Morgan fingerprint density at radius 2 is 0.976 bits per heavy atom. The molecule has 19 atom stereocenters. The number of rotatable bonds is 9. The smallest absolute Gasteiger partial charge is 0.187 e.